The van der Waals surface area contributed by atoms with Crippen molar-refractivity contribution in [3.05, 3.63) is 59.7 Å². The Balaban J connectivity index is 1.46. The summed E-state index contributed by atoms with van der Waals surface area (Å²) in [5, 5.41) is 5.66. The quantitative estimate of drug-likeness (QED) is 0.696. The van der Waals surface area contributed by atoms with Gasteiger partial charge in [-0.1, -0.05) is 24.3 Å². The van der Waals surface area contributed by atoms with Crippen molar-refractivity contribution in [3.63, 3.8) is 0 Å². The van der Waals surface area contributed by atoms with E-state index in [1.165, 1.54) is 5.56 Å². The number of carbonyl (C=O) groups excluding carboxylic acids is 2. The van der Waals surface area contributed by atoms with Crippen molar-refractivity contribution in [1.29, 1.82) is 0 Å². The first-order chi connectivity index (χ1) is 14.0. The standard InChI is InChI=1S/C22H26N2O4S/c1-2-28-18-12-10-17(11-13-18)23-21(25)14-29(27)15-22(26)24-20-9-5-7-16-6-3-4-8-19(16)20/h3-4,6,8,10-13,20H,2,5,7,9,14-15H2,1H3,(H,23,25)(H,24,26)/t20-,29+/m0/s1. The molecule has 6 nitrogen and oxygen atoms in total. The van der Waals surface area contributed by atoms with Crippen LogP contribution in [0.1, 0.15) is 36.9 Å². The zero-order valence-corrected chi connectivity index (χ0v) is 17.3. The maximum absolute atomic E-state index is 12.3. The van der Waals surface area contributed by atoms with E-state index in [0.717, 1.165) is 30.6 Å². The largest absolute Gasteiger partial charge is 0.494 e. The Labute approximate surface area is 173 Å². The number of hydrogen-bond donors (Lipinski definition) is 2. The first-order valence-electron chi connectivity index (χ1n) is 9.80. The SMILES string of the molecule is CCOc1ccc(NC(=O)C[S@@](=O)CC(=O)N[C@H]2CCCc3ccccc32)cc1. The minimum Gasteiger partial charge on any atom is -0.494 e. The lowest BCUT2D eigenvalue weighted by atomic mass is 9.88. The fourth-order valence-corrected chi connectivity index (χ4v) is 4.32. The molecular weight excluding hydrogens is 388 g/mol. The van der Waals surface area contributed by atoms with Crippen molar-refractivity contribution in [1.82, 2.24) is 5.32 Å². The van der Waals surface area contributed by atoms with Crippen LogP contribution in [0.25, 0.3) is 0 Å². The van der Waals surface area contributed by atoms with E-state index in [1.807, 2.05) is 25.1 Å². The van der Waals surface area contributed by atoms with Crippen LogP contribution in [0, 0.1) is 0 Å². The van der Waals surface area contributed by atoms with Gasteiger partial charge in [0.2, 0.25) is 11.8 Å². The van der Waals surface area contributed by atoms with Crippen LogP contribution in [0.5, 0.6) is 5.75 Å². The molecule has 0 radical (unpaired) electrons. The van der Waals surface area contributed by atoms with E-state index >= 15 is 0 Å². The topological polar surface area (TPSA) is 84.5 Å². The van der Waals surface area contributed by atoms with E-state index in [9.17, 15) is 13.8 Å². The number of carbonyl (C=O) groups is 2. The van der Waals surface area contributed by atoms with E-state index in [4.69, 9.17) is 4.74 Å². The third kappa shape index (κ3) is 6.15. The molecule has 0 saturated carbocycles. The Kier molecular flexibility index (Phi) is 7.41. The van der Waals surface area contributed by atoms with Gasteiger partial charge in [0.1, 0.15) is 17.3 Å². The molecule has 0 aliphatic heterocycles. The number of hydrogen-bond acceptors (Lipinski definition) is 4. The van der Waals surface area contributed by atoms with Gasteiger partial charge < -0.3 is 15.4 Å². The molecule has 2 aromatic carbocycles. The van der Waals surface area contributed by atoms with Gasteiger partial charge >= 0.3 is 0 Å². The van der Waals surface area contributed by atoms with Crippen LogP contribution in [-0.2, 0) is 26.8 Å². The van der Waals surface area contributed by atoms with Gasteiger partial charge in [-0.2, -0.15) is 0 Å². The Morgan fingerprint density at radius 2 is 1.79 bits per heavy atom. The van der Waals surface area contributed by atoms with Gasteiger partial charge in [-0.3, -0.25) is 13.8 Å². The third-order valence-electron chi connectivity index (χ3n) is 4.74. The van der Waals surface area contributed by atoms with Crippen molar-refractivity contribution in [3.8, 4) is 5.75 Å². The van der Waals surface area contributed by atoms with Crippen LogP contribution in [0.4, 0.5) is 5.69 Å². The zero-order valence-electron chi connectivity index (χ0n) is 16.5. The zero-order chi connectivity index (χ0) is 20.6. The minimum absolute atomic E-state index is 0.0536. The summed E-state index contributed by atoms with van der Waals surface area (Å²) >= 11 is 0. The van der Waals surface area contributed by atoms with Crippen LogP contribution in [0.3, 0.4) is 0 Å². The van der Waals surface area contributed by atoms with Crippen LogP contribution in [-0.4, -0.2) is 34.1 Å². The van der Waals surface area contributed by atoms with Crippen molar-refractivity contribution < 1.29 is 18.5 Å². The highest BCUT2D eigenvalue weighted by molar-refractivity contribution is 7.86. The minimum atomic E-state index is -1.57. The van der Waals surface area contributed by atoms with E-state index in [1.54, 1.807) is 24.3 Å². The van der Waals surface area contributed by atoms with Gasteiger partial charge in [0.25, 0.3) is 0 Å². The molecular formula is C22H26N2O4S. The smallest absolute Gasteiger partial charge is 0.237 e. The molecule has 1 aliphatic rings. The normalized spacial score (nSPS) is 16.4. The predicted molar refractivity (Wildman–Crippen MR) is 114 cm³/mol. The molecule has 2 atom stereocenters. The average Bonchev–Trinajstić information content (AvgIpc) is 2.69. The average molecular weight is 415 g/mol. The molecule has 3 rings (SSSR count). The van der Waals surface area contributed by atoms with E-state index in [-0.39, 0.29) is 29.4 Å². The number of benzene rings is 2. The van der Waals surface area contributed by atoms with Gasteiger partial charge in [0.05, 0.1) is 12.6 Å². The summed E-state index contributed by atoms with van der Waals surface area (Å²) in [6, 6.07) is 15.0. The molecule has 0 saturated heterocycles. The summed E-state index contributed by atoms with van der Waals surface area (Å²) in [6.45, 7) is 2.47. The summed E-state index contributed by atoms with van der Waals surface area (Å²) in [6.07, 6.45) is 2.89. The van der Waals surface area contributed by atoms with Crippen molar-refractivity contribution in [2.75, 3.05) is 23.4 Å². The Morgan fingerprint density at radius 3 is 2.55 bits per heavy atom. The Bertz CT molecular complexity index is 883. The third-order valence-corrected chi connectivity index (χ3v) is 5.91. The second kappa shape index (κ2) is 10.2. The highest BCUT2D eigenvalue weighted by Crippen LogP contribution is 2.29. The van der Waals surface area contributed by atoms with Gasteiger partial charge in [0, 0.05) is 16.5 Å². The summed E-state index contributed by atoms with van der Waals surface area (Å²) in [7, 11) is -1.57. The fourth-order valence-electron chi connectivity index (χ4n) is 3.48. The molecule has 2 amide bonds. The van der Waals surface area contributed by atoms with Gasteiger partial charge in [-0.05, 0) is 61.6 Å². The molecule has 0 bridgehead atoms. The summed E-state index contributed by atoms with van der Waals surface area (Å²) in [5.74, 6) is -0.366. The summed E-state index contributed by atoms with van der Waals surface area (Å²) in [5.41, 5.74) is 2.98. The summed E-state index contributed by atoms with van der Waals surface area (Å²) in [4.78, 5) is 24.4. The molecule has 0 unspecified atom stereocenters. The molecule has 154 valence electrons. The molecule has 0 aromatic heterocycles. The Hall–Kier alpha value is -2.67. The molecule has 0 heterocycles. The van der Waals surface area contributed by atoms with E-state index in [0.29, 0.717) is 12.3 Å². The fraction of sp³-hybridized carbons (Fsp3) is 0.364. The molecule has 0 spiro atoms. The van der Waals surface area contributed by atoms with Crippen molar-refractivity contribution in [2.45, 2.75) is 32.2 Å². The van der Waals surface area contributed by atoms with Crippen molar-refractivity contribution >= 4 is 28.3 Å². The number of rotatable bonds is 8. The summed E-state index contributed by atoms with van der Waals surface area (Å²) < 4.78 is 17.6. The van der Waals surface area contributed by atoms with E-state index < -0.39 is 10.8 Å². The second-order valence-corrected chi connectivity index (χ2v) is 8.40. The van der Waals surface area contributed by atoms with Crippen LogP contribution in [0.2, 0.25) is 0 Å². The lowest BCUT2D eigenvalue weighted by Gasteiger charge is -2.26. The lowest BCUT2D eigenvalue weighted by Crippen LogP contribution is -2.35. The van der Waals surface area contributed by atoms with Gasteiger partial charge in [0.15, 0.2) is 0 Å². The number of ether oxygens (including phenoxy) is 1. The predicted octanol–water partition coefficient (Wildman–Crippen LogP) is 2.97. The highest BCUT2D eigenvalue weighted by atomic mass is 32.2. The highest BCUT2D eigenvalue weighted by Gasteiger charge is 2.22. The number of anilines is 1. The first-order valence-corrected chi connectivity index (χ1v) is 11.3. The molecule has 29 heavy (non-hydrogen) atoms. The molecule has 7 heteroatoms. The molecule has 0 fully saturated rings. The lowest BCUT2D eigenvalue weighted by molar-refractivity contribution is -0.119. The number of amides is 2. The maximum Gasteiger partial charge on any atom is 0.237 e. The maximum atomic E-state index is 12.3. The van der Waals surface area contributed by atoms with Gasteiger partial charge in [-0.25, -0.2) is 0 Å². The van der Waals surface area contributed by atoms with Crippen LogP contribution < -0.4 is 15.4 Å². The van der Waals surface area contributed by atoms with Crippen molar-refractivity contribution in [2.24, 2.45) is 0 Å². The molecule has 2 aromatic rings. The van der Waals surface area contributed by atoms with Crippen LogP contribution in [0.15, 0.2) is 48.5 Å². The second-order valence-electron chi connectivity index (χ2n) is 6.95. The van der Waals surface area contributed by atoms with Gasteiger partial charge in [-0.15, -0.1) is 0 Å². The molecule has 2 N–H and O–H groups in total. The van der Waals surface area contributed by atoms with E-state index in [2.05, 4.69) is 16.7 Å². The molecule has 1 aliphatic carbocycles. The number of nitrogens with one attached hydrogen (secondary N) is 2. The first kappa shape index (κ1) is 21.0. The number of aryl methyl sites for hydroxylation is 1. The van der Waals surface area contributed by atoms with Crippen LogP contribution >= 0.6 is 0 Å². The Morgan fingerprint density at radius 1 is 1.07 bits per heavy atom. The number of fused-ring (bicyclic) bond motifs is 1. The monoisotopic (exact) mass is 414 g/mol.